The highest BCUT2D eigenvalue weighted by Crippen LogP contribution is 2.55. The average molecular weight is 730 g/mol. The van der Waals surface area contributed by atoms with Crippen LogP contribution < -0.4 is 4.90 Å². The van der Waals surface area contributed by atoms with Gasteiger partial charge in [0.15, 0.2) is 5.58 Å². The van der Waals surface area contributed by atoms with Crippen molar-refractivity contribution in [2.75, 3.05) is 4.90 Å². The van der Waals surface area contributed by atoms with Gasteiger partial charge in [-0.25, -0.2) is 0 Å². The van der Waals surface area contributed by atoms with Crippen LogP contribution in [0.4, 0.5) is 17.1 Å². The van der Waals surface area contributed by atoms with Crippen LogP contribution in [0.5, 0.6) is 0 Å². The molecule has 0 radical (unpaired) electrons. The van der Waals surface area contributed by atoms with Crippen molar-refractivity contribution in [1.29, 1.82) is 0 Å². The Bertz CT molecular complexity index is 3120. The molecule has 0 fully saturated rings. The molecule has 0 saturated carbocycles. The molecule has 9 aromatic carbocycles. The minimum atomic E-state index is -0.141. The molecule has 0 saturated heterocycles. The van der Waals surface area contributed by atoms with E-state index in [4.69, 9.17) is 4.42 Å². The van der Waals surface area contributed by atoms with Crippen LogP contribution in [-0.4, -0.2) is 0 Å². The number of nitrogens with zero attached hydrogens (tertiary/aromatic N) is 1. The monoisotopic (exact) mass is 729 g/mol. The fraction of sp³-hybridized carbons (Fsp3) is 0.0545. The van der Waals surface area contributed by atoms with Crippen molar-refractivity contribution in [3.8, 4) is 44.5 Å². The molecule has 0 unspecified atom stereocenters. The molecule has 1 aliphatic rings. The number of hydrogen-bond acceptors (Lipinski definition) is 2. The van der Waals surface area contributed by atoms with Crippen molar-refractivity contribution in [3.63, 3.8) is 0 Å². The summed E-state index contributed by atoms with van der Waals surface area (Å²) >= 11 is 0. The molecule has 1 heterocycles. The molecule has 0 spiro atoms. The molecule has 57 heavy (non-hydrogen) atoms. The Kier molecular flexibility index (Phi) is 7.55. The summed E-state index contributed by atoms with van der Waals surface area (Å²) in [5, 5.41) is 4.63. The van der Waals surface area contributed by atoms with Gasteiger partial charge in [-0.15, -0.1) is 0 Å². The largest absolute Gasteiger partial charge is 0.453 e. The first-order chi connectivity index (χ1) is 28.0. The van der Waals surface area contributed by atoms with Crippen molar-refractivity contribution in [2.24, 2.45) is 0 Å². The van der Waals surface area contributed by atoms with Crippen LogP contribution in [0.3, 0.4) is 0 Å². The van der Waals surface area contributed by atoms with Gasteiger partial charge in [0.2, 0.25) is 0 Å². The number of para-hydroxylation sites is 1. The molecular weight excluding hydrogens is 691 g/mol. The Hall–Kier alpha value is -7.16. The lowest BCUT2D eigenvalue weighted by molar-refractivity contribution is 0.660. The van der Waals surface area contributed by atoms with E-state index in [1.54, 1.807) is 0 Å². The zero-order valence-corrected chi connectivity index (χ0v) is 31.9. The van der Waals surface area contributed by atoms with Gasteiger partial charge in [-0.1, -0.05) is 184 Å². The van der Waals surface area contributed by atoms with Crippen LogP contribution in [0, 0.1) is 0 Å². The van der Waals surface area contributed by atoms with E-state index in [0.717, 1.165) is 50.1 Å². The fourth-order valence-corrected chi connectivity index (χ4v) is 9.26. The van der Waals surface area contributed by atoms with Gasteiger partial charge < -0.3 is 9.32 Å². The molecule has 2 nitrogen and oxygen atoms in total. The molecule has 10 aromatic rings. The van der Waals surface area contributed by atoms with E-state index in [0.29, 0.717) is 0 Å². The van der Waals surface area contributed by atoms with Crippen molar-refractivity contribution < 1.29 is 4.42 Å². The molecule has 0 bridgehead atoms. The van der Waals surface area contributed by atoms with Crippen molar-refractivity contribution in [1.82, 2.24) is 0 Å². The summed E-state index contributed by atoms with van der Waals surface area (Å²) in [7, 11) is 0. The first-order valence-electron chi connectivity index (χ1n) is 19.8. The SMILES string of the molecule is CC1(C)c2ccccc2-c2c(N(c3ccc(-c4ccc(-c5ccccc5)cc4)cc3)c3cccc4c3oc3c(-c5ccccc5)cc5ccccc5c34)cccc21. The topological polar surface area (TPSA) is 16.4 Å². The number of rotatable bonds is 6. The summed E-state index contributed by atoms with van der Waals surface area (Å²) in [5.74, 6) is 0. The van der Waals surface area contributed by atoms with Crippen LogP contribution in [0.15, 0.2) is 205 Å². The lowest BCUT2D eigenvalue weighted by Gasteiger charge is -2.29. The van der Waals surface area contributed by atoms with Gasteiger partial charge in [0, 0.05) is 33.0 Å². The van der Waals surface area contributed by atoms with Gasteiger partial charge in [-0.2, -0.15) is 0 Å². The summed E-state index contributed by atoms with van der Waals surface area (Å²) in [6.45, 7) is 4.69. The molecule has 270 valence electrons. The lowest BCUT2D eigenvalue weighted by Crippen LogP contribution is -2.16. The minimum absolute atomic E-state index is 0.141. The van der Waals surface area contributed by atoms with E-state index in [2.05, 4.69) is 219 Å². The normalized spacial score (nSPS) is 12.9. The standard InChI is InChI=1S/C55H39NO/c1-55(2)47-23-12-11-21-44(47)52-48(55)24-14-25-49(52)56(42-33-31-39(32-34-42)38-29-27-37(28-30-38)36-15-5-3-6-16-36)50-26-13-22-45-51-43-20-10-9-19-41(43)35-46(54(51)57-53(45)50)40-17-7-4-8-18-40/h3-35H,1-2H3. The molecule has 0 N–H and O–H groups in total. The smallest absolute Gasteiger partial charge is 0.159 e. The van der Waals surface area contributed by atoms with Gasteiger partial charge >= 0.3 is 0 Å². The molecule has 11 rings (SSSR count). The van der Waals surface area contributed by atoms with Crippen molar-refractivity contribution in [2.45, 2.75) is 19.3 Å². The number of anilines is 3. The fourth-order valence-electron chi connectivity index (χ4n) is 9.26. The predicted octanol–water partition coefficient (Wildman–Crippen LogP) is 15.5. The van der Waals surface area contributed by atoms with E-state index in [1.165, 1.54) is 55.3 Å². The van der Waals surface area contributed by atoms with E-state index < -0.39 is 0 Å². The van der Waals surface area contributed by atoms with Gasteiger partial charge in [0.25, 0.3) is 0 Å². The Morgan fingerprint density at radius 2 is 0.947 bits per heavy atom. The maximum atomic E-state index is 7.23. The molecule has 1 aliphatic carbocycles. The van der Waals surface area contributed by atoms with Crippen LogP contribution in [0.25, 0.3) is 77.2 Å². The van der Waals surface area contributed by atoms with Crippen molar-refractivity contribution in [3.05, 3.63) is 211 Å². The molecule has 0 atom stereocenters. The molecule has 2 heteroatoms. The summed E-state index contributed by atoms with van der Waals surface area (Å²) in [6, 6.07) is 72.4. The maximum absolute atomic E-state index is 7.23. The summed E-state index contributed by atoms with van der Waals surface area (Å²) < 4.78 is 7.23. The van der Waals surface area contributed by atoms with Gasteiger partial charge in [0.05, 0.1) is 11.4 Å². The number of fused-ring (bicyclic) bond motifs is 8. The van der Waals surface area contributed by atoms with Crippen LogP contribution >= 0.6 is 0 Å². The number of furan rings is 1. The van der Waals surface area contributed by atoms with Crippen molar-refractivity contribution >= 4 is 49.8 Å². The zero-order chi connectivity index (χ0) is 38.1. The molecule has 1 aromatic heterocycles. The number of benzene rings is 9. The molecule has 0 aliphatic heterocycles. The Morgan fingerprint density at radius 3 is 1.68 bits per heavy atom. The third kappa shape index (κ3) is 5.25. The van der Waals surface area contributed by atoms with Crippen LogP contribution in [-0.2, 0) is 5.41 Å². The Morgan fingerprint density at radius 1 is 0.404 bits per heavy atom. The third-order valence-corrected chi connectivity index (χ3v) is 12.1. The van der Waals surface area contributed by atoms with E-state index in [9.17, 15) is 0 Å². The highest BCUT2D eigenvalue weighted by Gasteiger charge is 2.38. The van der Waals surface area contributed by atoms with E-state index >= 15 is 0 Å². The maximum Gasteiger partial charge on any atom is 0.159 e. The average Bonchev–Trinajstić information content (AvgIpc) is 3.78. The first-order valence-corrected chi connectivity index (χ1v) is 19.8. The van der Waals surface area contributed by atoms with Crippen LogP contribution in [0.2, 0.25) is 0 Å². The summed E-state index contributed by atoms with van der Waals surface area (Å²) in [6.07, 6.45) is 0. The van der Waals surface area contributed by atoms with E-state index in [-0.39, 0.29) is 5.41 Å². The molecular formula is C55H39NO. The number of hydrogen-bond donors (Lipinski definition) is 0. The van der Waals surface area contributed by atoms with Gasteiger partial charge in [-0.3, -0.25) is 0 Å². The second kappa shape index (κ2) is 13.0. The Balaban J connectivity index is 1.14. The minimum Gasteiger partial charge on any atom is -0.453 e. The van der Waals surface area contributed by atoms with Gasteiger partial charge in [-0.05, 0) is 85.6 Å². The lowest BCUT2D eigenvalue weighted by atomic mass is 9.82. The van der Waals surface area contributed by atoms with Crippen LogP contribution in [0.1, 0.15) is 25.0 Å². The summed E-state index contributed by atoms with van der Waals surface area (Å²) in [5.41, 5.74) is 17.1. The molecule has 0 amide bonds. The van der Waals surface area contributed by atoms with Gasteiger partial charge in [0.1, 0.15) is 5.58 Å². The second-order valence-corrected chi connectivity index (χ2v) is 15.7. The highest BCUT2D eigenvalue weighted by molar-refractivity contribution is 6.24. The highest BCUT2D eigenvalue weighted by atomic mass is 16.3. The van der Waals surface area contributed by atoms with E-state index in [1.807, 2.05) is 0 Å². The quantitative estimate of drug-likeness (QED) is 0.169. The zero-order valence-electron chi connectivity index (χ0n) is 31.9. The second-order valence-electron chi connectivity index (χ2n) is 15.7. The third-order valence-electron chi connectivity index (χ3n) is 12.1. The summed E-state index contributed by atoms with van der Waals surface area (Å²) in [4.78, 5) is 2.42. The first kappa shape index (κ1) is 33.2. The predicted molar refractivity (Wildman–Crippen MR) is 240 cm³/mol. The Labute approximate surface area is 332 Å².